The van der Waals surface area contributed by atoms with Crippen LogP contribution in [0.3, 0.4) is 0 Å². The van der Waals surface area contributed by atoms with Crippen molar-refractivity contribution in [3.05, 3.63) is 17.5 Å². The van der Waals surface area contributed by atoms with E-state index >= 15 is 0 Å². The van der Waals surface area contributed by atoms with Crippen molar-refractivity contribution in [2.45, 2.75) is 30.0 Å². The fourth-order valence-corrected chi connectivity index (χ4v) is 5.10. The average molecular weight is 529 g/mol. The molecule has 1 unspecified atom stereocenters. The van der Waals surface area contributed by atoms with Crippen molar-refractivity contribution in [3.8, 4) is 0 Å². The number of nitrogens with one attached hydrogen (secondary N) is 2. The lowest BCUT2D eigenvalue weighted by molar-refractivity contribution is -0.129. The Kier molecular flexibility index (Phi) is 9.98. The SMILES string of the molecule is CCC(=O)N1CCC(NC(=NC)NCCN(C)S(=O)(=O)c2cccs2)C1.I. The van der Waals surface area contributed by atoms with Crippen molar-refractivity contribution < 1.29 is 13.2 Å². The third kappa shape index (κ3) is 6.57. The van der Waals surface area contributed by atoms with Gasteiger partial charge in [0.25, 0.3) is 10.0 Å². The first-order valence-corrected chi connectivity index (χ1v) is 10.9. The number of likely N-dealkylation sites (N-methyl/N-ethyl adjacent to an activating group) is 1. The van der Waals surface area contributed by atoms with Crippen molar-refractivity contribution in [3.63, 3.8) is 0 Å². The lowest BCUT2D eigenvalue weighted by atomic mass is 10.3. The van der Waals surface area contributed by atoms with Crippen molar-refractivity contribution in [2.24, 2.45) is 4.99 Å². The molecule has 1 aromatic heterocycles. The number of carbonyl (C=O) groups excluding carboxylic acids is 1. The number of hydrogen-bond acceptors (Lipinski definition) is 5. The highest BCUT2D eigenvalue weighted by Crippen LogP contribution is 2.19. The maximum Gasteiger partial charge on any atom is 0.252 e. The van der Waals surface area contributed by atoms with Gasteiger partial charge in [-0.25, -0.2) is 8.42 Å². The van der Waals surface area contributed by atoms with Crippen molar-refractivity contribution in [1.29, 1.82) is 0 Å². The molecule has 8 nitrogen and oxygen atoms in total. The largest absolute Gasteiger partial charge is 0.355 e. The third-order valence-electron chi connectivity index (χ3n) is 4.29. The van der Waals surface area contributed by atoms with Gasteiger partial charge in [-0.05, 0) is 17.9 Å². The van der Waals surface area contributed by atoms with Gasteiger partial charge in [-0.15, -0.1) is 35.3 Å². The molecule has 0 spiro atoms. The van der Waals surface area contributed by atoms with Crippen molar-refractivity contribution >= 4 is 57.2 Å². The summed E-state index contributed by atoms with van der Waals surface area (Å²) in [6, 6.07) is 3.49. The summed E-state index contributed by atoms with van der Waals surface area (Å²) in [7, 11) is -0.195. The molecule has 27 heavy (non-hydrogen) atoms. The first-order valence-electron chi connectivity index (χ1n) is 8.63. The molecule has 2 rings (SSSR count). The molecule has 2 N–H and O–H groups in total. The Hall–Kier alpha value is -0.920. The van der Waals surface area contributed by atoms with Crippen LogP contribution >= 0.6 is 35.3 Å². The van der Waals surface area contributed by atoms with Crippen molar-refractivity contribution in [2.75, 3.05) is 40.3 Å². The molecule has 0 saturated carbocycles. The predicted octanol–water partition coefficient (Wildman–Crippen LogP) is 1.16. The van der Waals surface area contributed by atoms with Gasteiger partial charge >= 0.3 is 0 Å². The second kappa shape index (κ2) is 11.2. The fraction of sp³-hybridized carbons (Fsp3) is 0.625. The van der Waals surface area contributed by atoms with Gasteiger partial charge < -0.3 is 15.5 Å². The number of guanidine groups is 1. The van der Waals surface area contributed by atoms with Gasteiger partial charge in [0.1, 0.15) is 4.21 Å². The molecule has 0 aromatic carbocycles. The van der Waals surface area contributed by atoms with Crippen LogP contribution < -0.4 is 10.6 Å². The Morgan fingerprint density at radius 3 is 2.81 bits per heavy atom. The Labute approximate surface area is 182 Å². The smallest absolute Gasteiger partial charge is 0.252 e. The van der Waals surface area contributed by atoms with Gasteiger partial charge in [-0.2, -0.15) is 4.31 Å². The molecule has 1 aromatic rings. The monoisotopic (exact) mass is 529 g/mol. The maximum absolute atomic E-state index is 12.4. The summed E-state index contributed by atoms with van der Waals surface area (Å²) in [6.07, 6.45) is 1.39. The normalized spacial score (nSPS) is 17.7. The number of rotatable bonds is 7. The highest BCUT2D eigenvalue weighted by molar-refractivity contribution is 14.0. The second-order valence-electron chi connectivity index (χ2n) is 6.08. The molecule has 1 atom stereocenters. The van der Waals surface area contributed by atoms with E-state index in [1.54, 1.807) is 31.6 Å². The van der Waals surface area contributed by atoms with Crippen LogP contribution in [0.1, 0.15) is 19.8 Å². The number of nitrogens with zero attached hydrogens (tertiary/aromatic N) is 3. The zero-order valence-electron chi connectivity index (χ0n) is 15.8. The van der Waals surface area contributed by atoms with Crippen LogP contribution in [0.15, 0.2) is 26.7 Å². The summed E-state index contributed by atoms with van der Waals surface area (Å²) in [6.45, 7) is 4.05. The molecular weight excluding hydrogens is 501 g/mol. The standard InChI is InChI=1S/C16H27N5O3S2.HI/c1-4-14(22)21-9-7-13(12-21)19-16(17-2)18-8-10-20(3)26(23,24)15-6-5-11-25-15;/h5-6,11,13H,4,7-10,12H2,1-3H3,(H2,17,18,19);1H. The number of hydrogen-bond donors (Lipinski definition) is 2. The molecule has 0 radical (unpaired) electrons. The Morgan fingerprint density at radius 1 is 1.48 bits per heavy atom. The molecule has 11 heteroatoms. The van der Waals surface area contributed by atoms with Gasteiger partial charge in [-0.1, -0.05) is 13.0 Å². The van der Waals surface area contributed by atoms with Gasteiger partial charge in [0.05, 0.1) is 0 Å². The predicted molar refractivity (Wildman–Crippen MR) is 119 cm³/mol. The summed E-state index contributed by atoms with van der Waals surface area (Å²) in [5.74, 6) is 0.778. The van der Waals surface area contributed by atoms with Gasteiger partial charge in [0, 0.05) is 52.7 Å². The molecular formula is C16H28IN5O3S2. The van der Waals surface area contributed by atoms with E-state index in [9.17, 15) is 13.2 Å². The number of sulfonamides is 1. The van der Waals surface area contributed by atoms with Crippen LogP contribution in [0.2, 0.25) is 0 Å². The molecule has 0 bridgehead atoms. The molecule has 0 aliphatic carbocycles. The number of thiophene rings is 1. The van der Waals surface area contributed by atoms with E-state index in [0.29, 0.717) is 36.2 Å². The number of halogens is 1. The van der Waals surface area contributed by atoms with Gasteiger partial charge in [-0.3, -0.25) is 9.79 Å². The molecule has 1 aliphatic rings. The Bertz CT molecular complexity index is 724. The minimum absolute atomic E-state index is 0. The summed E-state index contributed by atoms with van der Waals surface area (Å²) < 4.78 is 26.4. The number of carbonyl (C=O) groups is 1. The van der Waals surface area contributed by atoms with Crippen LogP contribution in [-0.4, -0.2) is 75.8 Å². The molecule has 1 aliphatic heterocycles. The van der Waals surface area contributed by atoms with E-state index in [0.717, 1.165) is 13.0 Å². The molecule has 154 valence electrons. The zero-order chi connectivity index (χ0) is 19.2. The van der Waals surface area contributed by atoms with E-state index in [1.165, 1.54) is 15.6 Å². The maximum atomic E-state index is 12.4. The van der Waals surface area contributed by atoms with E-state index in [-0.39, 0.29) is 35.9 Å². The van der Waals surface area contributed by atoms with Gasteiger partial charge in [0.2, 0.25) is 5.91 Å². The summed E-state index contributed by atoms with van der Waals surface area (Å²) in [5, 5.41) is 8.18. The fourth-order valence-electron chi connectivity index (χ4n) is 2.73. The number of aliphatic imine (C=N–C) groups is 1. The number of amides is 1. The molecule has 2 heterocycles. The first-order chi connectivity index (χ1) is 12.4. The van der Waals surface area contributed by atoms with E-state index in [2.05, 4.69) is 15.6 Å². The van der Waals surface area contributed by atoms with Crippen molar-refractivity contribution in [1.82, 2.24) is 19.8 Å². The Morgan fingerprint density at radius 2 is 2.22 bits per heavy atom. The Balaban J connectivity index is 0.00000364. The zero-order valence-corrected chi connectivity index (χ0v) is 19.8. The molecule has 1 amide bonds. The highest BCUT2D eigenvalue weighted by atomic mass is 127. The summed E-state index contributed by atoms with van der Waals surface area (Å²) >= 11 is 1.21. The van der Waals surface area contributed by atoms with Crippen LogP contribution in [0.5, 0.6) is 0 Å². The average Bonchev–Trinajstić information content (AvgIpc) is 3.32. The van der Waals surface area contributed by atoms with Crippen LogP contribution in [0, 0.1) is 0 Å². The summed E-state index contributed by atoms with van der Waals surface area (Å²) in [4.78, 5) is 17.8. The topological polar surface area (TPSA) is 94.1 Å². The third-order valence-corrected chi connectivity index (χ3v) is 7.52. The van der Waals surface area contributed by atoms with Crippen LogP contribution in [0.4, 0.5) is 0 Å². The molecule has 1 saturated heterocycles. The van der Waals surface area contributed by atoms with Crippen LogP contribution in [0.25, 0.3) is 0 Å². The lowest BCUT2D eigenvalue weighted by Gasteiger charge is -2.20. The highest BCUT2D eigenvalue weighted by Gasteiger charge is 2.26. The lowest BCUT2D eigenvalue weighted by Crippen LogP contribution is -2.47. The summed E-state index contributed by atoms with van der Waals surface area (Å²) in [5.41, 5.74) is 0. The quantitative estimate of drug-likeness (QED) is 0.314. The van der Waals surface area contributed by atoms with E-state index in [4.69, 9.17) is 0 Å². The molecule has 1 fully saturated rings. The van der Waals surface area contributed by atoms with E-state index in [1.807, 2.05) is 11.8 Å². The minimum Gasteiger partial charge on any atom is -0.355 e. The number of likely N-dealkylation sites (tertiary alicyclic amines) is 1. The van der Waals surface area contributed by atoms with Gasteiger partial charge in [0.15, 0.2) is 5.96 Å². The first kappa shape index (κ1) is 24.1. The second-order valence-corrected chi connectivity index (χ2v) is 9.30. The van der Waals surface area contributed by atoms with E-state index < -0.39 is 10.0 Å². The van der Waals surface area contributed by atoms with Crippen LogP contribution in [-0.2, 0) is 14.8 Å². The minimum atomic E-state index is -3.44.